The van der Waals surface area contributed by atoms with Gasteiger partial charge in [0.2, 0.25) is 0 Å². The number of aryl methyl sites for hydroxylation is 2. The summed E-state index contributed by atoms with van der Waals surface area (Å²) >= 11 is 7.37. The second-order valence-corrected chi connectivity index (χ2v) is 8.48. The van der Waals surface area contributed by atoms with Crippen molar-refractivity contribution in [1.29, 1.82) is 0 Å². The lowest BCUT2D eigenvalue weighted by atomic mass is 9.86. The van der Waals surface area contributed by atoms with Crippen molar-refractivity contribution in [3.05, 3.63) is 55.0 Å². The summed E-state index contributed by atoms with van der Waals surface area (Å²) in [5, 5.41) is 0. The van der Waals surface area contributed by atoms with Gasteiger partial charge in [0.05, 0.1) is 22.2 Å². The maximum absolute atomic E-state index is 6.18. The minimum Gasteiger partial charge on any atom is -0.491 e. The van der Waals surface area contributed by atoms with Crippen LogP contribution in [0.5, 0.6) is 11.5 Å². The van der Waals surface area contributed by atoms with E-state index in [2.05, 4.69) is 63.9 Å². The van der Waals surface area contributed by atoms with E-state index in [9.17, 15) is 0 Å². The van der Waals surface area contributed by atoms with Crippen LogP contribution < -0.4 is 9.47 Å². The molecule has 0 amide bonds. The number of hydrogen-bond acceptors (Lipinski definition) is 2. The van der Waals surface area contributed by atoms with Crippen LogP contribution in [-0.4, -0.2) is 13.2 Å². The molecule has 0 radical (unpaired) electrons. The molecule has 0 aromatic heterocycles. The number of benzene rings is 2. The predicted molar refractivity (Wildman–Crippen MR) is 103 cm³/mol. The molecule has 5 rings (SSSR count). The molecule has 1 atom stereocenters. The fourth-order valence-corrected chi connectivity index (χ4v) is 5.77. The van der Waals surface area contributed by atoms with Crippen molar-refractivity contribution in [2.24, 2.45) is 0 Å². The number of hydrogen-bond donors (Lipinski definition) is 0. The smallest absolute Gasteiger partial charge is 0.141 e. The van der Waals surface area contributed by atoms with E-state index in [0.717, 1.165) is 33.5 Å². The SMILES string of the molecule is Cc1cc(Br)c2c(c1)C1=C3CCOc4c(Br)cc(C)c(c43)C1CO2. The lowest BCUT2D eigenvalue weighted by Gasteiger charge is -2.28. The van der Waals surface area contributed by atoms with E-state index < -0.39 is 0 Å². The van der Waals surface area contributed by atoms with Gasteiger partial charge in [-0.05, 0) is 91.7 Å². The Bertz CT molecular complexity index is 943. The topological polar surface area (TPSA) is 18.5 Å². The molecule has 122 valence electrons. The van der Waals surface area contributed by atoms with Crippen LogP contribution in [0.1, 0.15) is 40.2 Å². The van der Waals surface area contributed by atoms with Gasteiger partial charge in [0.25, 0.3) is 0 Å². The monoisotopic (exact) mass is 446 g/mol. The van der Waals surface area contributed by atoms with Gasteiger partial charge in [0.15, 0.2) is 0 Å². The fourth-order valence-electron chi connectivity index (χ4n) is 4.43. The highest BCUT2D eigenvalue weighted by Crippen LogP contribution is 2.59. The molecule has 0 saturated carbocycles. The number of ether oxygens (including phenoxy) is 2. The van der Waals surface area contributed by atoms with Crippen LogP contribution in [0.3, 0.4) is 0 Å². The Morgan fingerprint density at radius 1 is 1.00 bits per heavy atom. The van der Waals surface area contributed by atoms with Crippen LogP contribution in [0.4, 0.5) is 0 Å². The molecule has 1 unspecified atom stereocenters. The molecule has 0 bridgehead atoms. The Morgan fingerprint density at radius 3 is 2.62 bits per heavy atom. The van der Waals surface area contributed by atoms with E-state index in [1.54, 1.807) is 0 Å². The largest absolute Gasteiger partial charge is 0.491 e. The molecule has 2 aromatic carbocycles. The van der Waals surface area contributed by atoms with E-state index in [1.807, 2.05) is 0 Å². The normalized spacial score (nSPS) is 20.1. The van der Waals surface area contributed by atoms with Crippen LogP contribution in [0, 0.1) is 13.8 Å². The van der Waals surface area contributed by atoms with Crippen LogP contribution in [-0.2, 0) is 0 Å². The minimum absolute atomic E-state index is 0.310. The highest BCUT2D eigenvalue weighted by molar-refractivity contribution is 9.10. The predicted octanol–water partition coefficient (Wildman–Crippen LogP) is 6.01. The van der Waals surface area contributed by atoms with Gasteiger partial charge < -0.3 is 9.47 Å². The molecule has 2 nitrogen and oxygen atoms in total. The molecular formula is C20H16Br2O2. The van der Waals surface area contributed by atoms with Gasteiger partial charge >= 0.3 is 0 Å². The van der Waals surface area contributed by atoms with E-state index in [-0.39, 0.29) is 0 Å². The standard InChI is InChI=1S/C20H16Br2O2/c1-9-5-12-17-11-3-4-23-20-15(22)7-10(2)16(18(11)20)13(17)8-24-19(12)14(21)6-9/h5-7,13H,3-4,8H2,1-2H3. The summed E-state index contributed by atoms with van der Waals surface area (Å²) in [4.78, 5) is 0. The molecular weight excluding hydrogens is 432 g/mol. The molecule has 24 heavy (non-hydrogen) atoms. The Hall–Kier alpha value is -1.26. The lowest BCUT2D eigenvalue weighted by Crippen LogP contribution is -2.17. The third-order valence-corrected chi connectivity index (χ3v) is 6.45. The first-order valence-electron chi connectivity index (χ1n) is 8.18. The molecule has 0 fully saturated rings. The molecule has 2 heterocycles. The van der Waals surface area contributed by atoms with Gasteiger partial charge in [0, 0.05) is 23.5 Å². The fraction of sp³-hybridized carbons (Fsp3) is 0.300. The van der Waals surface area contributed by atoms with E-state index >= 15 is 0 Å². The van der Waals surface area contributed by atoms with Crippen molar-refractivity contribution >= 4 is 43.0 Å². The van der Waals surface area contributed by atoms with Gasteiger partial charge in [-0.25, -0.2) is 0 Å². The van der Waals surface area contributed by atoms with Crippen molar-refractivity contribution < 1.29 is 9.47 Å². The maximum atomic E-state index is 6.18. The summed E-state index contributed by atoms with van der Waals surface area (Å²) in [5.41, 5.74) is 9.39. The van der Waals surface area contributed by atoms with Gasteiger partial charge in [-0.15, -0.1) is 0 Å². The van der Waals surface area contributed by atoms with Crippen LogP contribution in [0.2, 0.25) is 0 Å². The second kappa shape index (κ2) is 5.12. The van der Waals surface area contributed by atoms with Crippen molar-refractivity contribution in [2.75, 3.05) is 13.2 Å². The zero-order chi connectivity index (χ0) is 16.6. The number of fused-ring (bicyclic) bond motifs is 4. The quantitative estimate of drug-likeness (QED) is 0.492. The van der Waals surface area contributed by atoms with Gasteiger partial charge in [-0.2, -0.15) is 0 Å². The van der Waals surface area contributed by atoms with Crippen molar-refractivity contribution in [2.45, 2.75) is 26.2 Å². The Balaban J connectivity index is 1.87. The highest BCUT2D eigenvalue weighted by Gasteiger charge is 2.41. The van der Waals surface area contributed by atoms with Crippen molar-refractivity contribution in [1.82, 2.24) is 0 Å². The van der Waals surface area contributed by atoms with E-state index in [1.165, 1.54) is 39.0 Å². The van der Waals surface area contributed by atoms with Crippen LogP contribution in [0.15, 0.2) is 27.1 Å². The molecule has 0 saturated heterocycles. The van der Waals surface area contributed by atoms with Crippen molar-refractivity contribution in [3.63, 3.8) is 0 Å². The first-order chi connectivity index (χ1) is 11.6. The summed E-state index contributed by atoms with van der Waals surface area (Å²) in [6.07, 6.45) is 0.965. The molecule has 3 aliphatic rings. The zero-order valence-electron chi connectivity index (χ0n) is 13.5. The third-order valence-electron chi connectivity index (χ3n) is 5.28. The van der Waals surface area contributed by atoms with Gasteiger partial charge in [-0.1, -0.05) is 0 Å². The van der Waals surface area contributed by atoms with Crippen LogP contribution >= 0.6 is 31.9 Å². The number of rotatable bonds is 0. The summed E-state index contributed by atoms with van der Waals surface area (Å²) < 4.78 is 14.3. The first-order valence-corrected chi connectivity index (χ1v) is 9.77. The molecule has 0 N–H and O–H groups in total. The van der Waals surface area contributed by atoms with Gasteiger partial charge in [-0.3, -0.25) is 0 Å². The summed E-state index contributed by atoms with van der Waals surface area (Å²) in [6.45, 7) is 5.77. The summed E-state index contributed by atoms with van der Waals surface area (Å²) in [6, 6.07) is 6.57. The summed E-state index contributed by atoms with van der Waals surface area (Å²) in [7, 11) is 0. The number of halogens is 2. The van der Waals surface area contributed by atoms with Crippen LogP contribution in [0.25, 0.3) is 11.1 Å². The van der Waals surface area contributed by atoms with E-state index in [4.69, 9.17) is 9.47 Å². The molecule has 4 heteroatoms. The van der Waals surface area contributed by atoms with Crippen molar-refractivity contribution in [3.8, 4) is 11.5 Å². The Morgan fingerprint density at radius 2 is 1.79 bits per heavy atom. The highest BCUT2D eigenvalue weighted by atomic mass is 79.9. The average molecular weight is 448 g/mol. The zero-order valence-corrected chi connectivity index (χ0v) is 16.7. The summed E-state index contributed by atoms with van der Waals surface area (Å²) in [5.74, 6) is 2.30. The third kappa shape index (κ3) is 1.87. The molecule has 2 aliphatic heterocycles. The molecule has 0 spiro atoms. The van der Waals surface area contributed by atoms with E-state index in [0.29, 0.717) is 12.5 Å². The molecule has 2 aromatic rings. The maximum Gasteiger partial charge on any atom is 0.141 e. The van der Waals surface area contributed by atoms with Gasteiger partial charge in [0.1, 0.15) is 11.5 Å². The first kappa shape index (κ1) is 15.0. The Kier molecular flexibility index (Phi) is 3.21. The lowest BCUT2D eigenvalue weighted by molar-refractivity contribution is 0.296. The average Bonchev–Trinajstić information content (AvgIpc) is 2.88. The minimum atomic E-state index is 0.310. The molecule has 1 aliphatic carbocycles. The second-order valence-electron chi connectivity index (χ2n) is 6.77. The Labute approximate surface area is 158 Å².